The SMILES string of the molecule is CSCC(N)c1ccccc1OC(C)C. The molecule has 15 heavy (non-hydrogen) atoms. The highest BCUT2D eigenvalue weighted by Gasteiger charge is 2.11. The zero-order valence-electron chi connectivity index (χ0n) is 9.57. The Bertz CT molecular complexity index is 301. The van der Waals surface area contributed by atoms with Crippen LogP contribution in [0.25, 0.3) is 0 Å². The minimum Gasteiger partial charge on any atom is -0.491 e. The summed E-state index contributed by atoms with van der Waals surface area (Å²) in [5.41, 5.74) is 7.18. The van der Waals surface area contributed by atoms with Crippen molar-refractivity contribution >= 4 is 11.8 Å². The minimum atomic E-state index is 0.0509. The van der Waals surface area contributed by atoms with Crippen LogP contribution in [0.1, 0.15) is 25.5 Å². The molecule has 0 radical (unpaired) electrons. The van der Waals surface area contributed by atoms with Gasteiger partial charge < -0.3 is 10.5 Å². The highest BCUT2D eigenvalue weighted by Crippen LogP contribution is 2.26. The first-order valence-electron chi connectivity index (χ1n) is 5.15. The molecule has 1 aromatic rings. The van der Waals surface area contributed by atoms with Gasteiger partial charge in [-0.25, -0.2) is 0 Å². The molecule has 0 amide bonds. The first-order chi connectivity index (χ1) is 7.15. The summed E-state index contributed by atoms with van der Waals surface area (Å²) >= 11 is 1.75. The van der Waals surface area contributed by atoms with E-state index in [0.717, 1.165) is 17.1 Å². The molecular weight excluding hydrogens is 206 g/mol. The van der Waals surface area contributed by atoms with Crippen molar-refractivity contribution in [1.29, 1.82) is 0 Å². The largest absolute Gasteiger partial charge is 0.491 e. The van der Waals surface area contributed by atoms with Crippen LogP contribution in [-0.4, -0.2) is 18.1 Å². The number of nitrogens with two attached hydrogens (primary N) is 1. The van der Waals surface area contributed by atoms with Gasteiger partial charge in [-0.3, -0.25) is 0 Å². The second kappa shape index (κ2) is 6.03. The number of ether oxygens (including phenoxy) is 1. The normalized spacial score (nSPS) is 12.9. The maximum absolute atomic E-state index is 6.08. The molecule has 0 aromatic heterocycles. The van der Waals surface area contributed by atoms with Crippen molar-refractivity contribution in [2.45, 2.75) is 26.0 Å². The summed E-state index contributed by atoms with van der Waals surface area (Å²) in [5.74, 6) is 1.83. The minimum absolute atomic E-state index is 0.0509. The number of hydrogen-bond donors (Lipinski definition) is 1. The summed E-state index contributed by atoms with van der Waals surface area (Å²) in [7, 11) is 0. The van der Waals surface area contributed by atoms with E-state index in [0.29, 0.717) is 0 Å². The van der Waals surface area contributed by atoms with E-state index in [-0.39, 0.29) is 12.1 Å². The first kappa shape index (κ1) is 12.4. The van der Waals surface area contributed by atoms with E-state index in [1.165, 1.54) is 0 Å². The quantitative estimate of drug-likeness (QED) is 0.837. The predicted molar refractivity (Wildman–Crippen MR) is 67.5 cm³/mol. The smallest absolute Gasteiger partial charge is 0.124 e. The molecule has 0 aliphatic carbocycles. The molecule has 0 aliphatic rings. The molecule has 84 valence electrons. The van der Waals surface area contributed by atoms with Crippen LogP contribution in [0.5, 0.6) is 5.75 Å². The molecule has 3 heteroatoms. The van der Waals surface area contributed by atoms with Gasteiger partial charge in [0.25, 0.3) is 0 Å². The molecule has 1 unspecified atom stereocenters. The lowest BCUT2D eigenvalue weighted by atomic mass is 10.1. The number of hydrogen-bond acceptors (Lipinski definition) is 3. The van der Waals surface area contributed by atoms with Gasteiger partial charge in [-0.05, 0) is 26.2 Å². The fourth-order valence-electron chi connectivity index (χ4n) is 1.42. The maximum Gasteiger partial charge on any atom is 0.124 e. The van der Waals surface area contributed by atoms with Gasteiger partial charge in [0.1, 0.15) is 5.75 Å². The van der Waals surface area contributed by atoms with Gasteiger partial charge in [-0.2, -0.15) is 11.8 Å². The van der Waals surface area contributed by atoms with Gasteiger partial charge in [-0.15, -0.1) is 0 Å². The van der Waals surface area contributed by atoms with Crippen molar-refractivity contribution in [3.05, 3.63) is 29.8 Å². The van der Waals surface area contributed by atoms with Gasteiger partial charge in [0.2, 0.25) is 0 Å². The van der Waals surface area contributed by atoms with E-state index in [2.05, 4.69) is 6.26 Å². The zero-order valence-corrected chi connectivity index (χ0v) is 10.4. The van der Waals surface area contributed by atoms with E-state index >= 15 is 0 Å². The average Bonchev–Trinajstić information content (AvgIpc) is 2.18. The van der Waals surface area contributed by atoms with Crippen molar-refractivity contribution in [3.63, 3.8) is 0 Å². The summed E-state index contributed by atoms with van der Waals surface area (Å²) in [4.78, 5) is 0. The van der Waals surface area contributed by atoms with Crippen molar-refractivity contribution in [1.82, 2.24) is 0 Å². The van der Waals surface area contributed by atoms with Gasteiger partial charge in [0.15, 0.2) is 0 Å². The summed E-state index contributed by atoms with van der Waals surface area (Å²) in [6.07, 6.45) is 2.25. The molecule has 1 aromatic carbocycles. The third kappa shape index (κ3) is 3.76. The van der Waals surface area contributed by atoms with Gasteiger partial charge in [0.05, 0.1) is 6.10 Å². The van der Waals surface area contributed by atoms with Crippen LogP contribution < -0.4 is 10.5 Å². The van der Waals surface area contributed by atoms with E-state index < -0.39 is 0 Å². The Hall–Kier alpha value is -0.670. The monoisotopic (exact) mass is 225 g/mol. The Morgan fingerprint density at radius 1 is 1.33 bits per heavy atom. The molecule has 1 atom stereocenters. The lowest BCUT2D eigenvalue weighted by molar-refractivity contribution is 0.239. The van der Waals surface area contributed by atoms with Crippen LogP contribution in [0.3, 0.4) is 0 Å². The molecule has 0 spiro atoms. The lowest BCUT2D eigenvalue weighted by Gasteiger charge is -2.17. The van der Waals surface area contributed by atoms with Crippen molar-refractivity contribution in [2.75, 3.05) is 12.0 Å². The van der Waals surface area contributed by atoms with Crippen molar-refractivity contribution < 1.29 is 4.74 Å². The summed E-state index contributed by atoms with van der Waals surface area (Å²) in [6, 6.07) is 8.05. The molecule has 0 bridgehead atoms. The van der Waals surface area contributed by atoms with Crippen LogP contribution in [0.4, 0.5) is 0 Å². The molecule has 0 aliphatic heterocycles. The Labute approximate surface area is 96.2 Å². The molecule has 2 N–H and O–H groups in total. The van der Waals surface area contributed by atoms with E-state index in [1.54, 1.807) is 11.8 Å². The summed E-state index contributed by atoms with van der Waals surface area (Å²) in [5, 5.41) is 0. The fraction of sp³-hybridized carbons (Fsp3) is 0.500. The highest BCUT2D eigenvalue weighted by atomic mass is 32.2. The van der Waals surface area contributed by atoms with E-state index in [9.17, 15) is 0 Å². The topological polar surface area (TPSA) is 35.2 Å². The molecule has 2 nitrogen and oxygen atoms in total. The predicted octanol–water partition coefficient (Wildman–Crippen LogP) is 2.84. The van der Waals surface area contributed by atoms with Crippen LogP contribution >= 0.6 is 11.8 Å². The first-order valence-corrected chi connectivity index (χ1v) is 6.54. The average molecular weight is 225 g/mol. The van der Waals surface area contributed by atoms with E-state index in [1.807, 2.05) is 38.1 Å². The Morgan fingerprint density at radius 2 is 2.00 bits per heavy atom. The Morgan fingerprint density at radius 3 is 2.60 bits per heavy atom. The Kier molecular flexibility index (Phi) is 4.99. The third-order valence-corrected chi connectivity index (χ3v) is 2.72. The third-order valence-electron chi connectivity index (χ3n) is 2.03. The van der Waals surface area contributed by atoms with Gasteiger partial charge in [-0.1, -0.05) is 18.2 Å². The summed E-state index contributed by atoms with van der Waals surface area (Å²) < 4.78 is 5.72. The van der Waals surface area contributed by atoms with Gasteiger partial charge in [0, 0.05) is 17.4 Å². The number of thioether (sulfide) groups is 1. The van der Waals surface area contributed by atoms with Crippen LogP contribution in [0, 0.1) is 0 Å². The maximum atomic E-state index is 6.08. The molecule has 0 heterocycles. The van der Waals surface area contributed by atoms with Crippen molar-refractivity contribution in [3.8, 4) is 5.75 Å². The highest BCUT2D eigenvalue weighted by molar-refractivity contribution is 7.98. The van der Waals surface area contributed by atoms with Crippen LogP contribution in [0.15, 0.2) is 24.3 Å². The number of benzene rings is 1. The van der Waals surface area contributed by atoms with Crippen LogP contribution in [0.2, 0.25) is 0 Å². The molecule has 0 saturated heterocycles. The fourth-order valence-corrected chi connectivity index (χ4v) is 1.96. The zero-order chi connectivity index (χ0) is 11.3. The lowest BCUT2D eigenvalue weighted by Crippen LogP contribution is -2.16. The van der Waals surface area contributed by atoms with E-state index in [4.69, 9.17) is 10.5 Å². The van der Waals surface area contributed by atoms with Gasteiger partial charge >= 0.3 is 0 Å². The molecule has 0 saturated carbocycles. The number of rotatable bonds is 5. The number of para-hydroxylation sites is 1. The molecule has 0 fully saturated rings. The second-order valence-corrected chi connectivity index (χ2v) is 4.68. The molecular formula is C12H19NOS. The van der Waals surface area contributed by atoms with Crippen LogP contribution in [-0.2, 0) is 0 Å². The standard InChI is InChI=1S/C12H19NOS/c1-9(2)14-12-7-5-4-6-10(12)11(13)8-15-3/h4-7,9,11H,8,13H2,1-3H3. The molecule has 1 rings (SSSR count). The van der Waals surface area contributed by atoms with Crippen molar-refractivity contribution in [2.24, 2.45) is 5.73 Å². The Balaban J connectivity index is 2.85. The summed E-state index contributed by atoms with van der Waals surface area (Å²) in [6.45, 7) is 4.05. The second-order valence-electron chi connectivity index (χ2n) is 3.77.